The fourth-order valence-electron chi connectivity index (χ4n) is 2.90. The summed E-state index contributed by atoms with van der Waals surface area (Å²) in [6, 6.07) is 3.99. The Morgan fingerprint density at radius 1 is 1.48 bits per heavy atom. The molecule has 0 radical (unpaired) electrons. The molecule has 7 heteroatoms. The molecule has 112 valence electrons. The van der Waals surface area contributed by atoms with E-state index in [0.29, 0.717) is 6.04 Å². The first-order valence-corrected chi connectivity index (χ1v) is 7.02. The summed E-state index contributed by atoms with van der Waals surface area (Å²) >= 11 is 0. The van der Waals surface area contributed by atoms with Crippen molar-refractivity contribution in [1.82, 2.24) is 10.3 Å². The Kier molecular flexibility index (Phi) is 4.70. The zero-order chi connectivity index (χ0) is 15.4. The lowest BCUT2D eigenvalue weighted by atomic mass is 9.90. The van der Waals surface area contributed by atoms with Crippen LogP contribution < -0.4 is 10.2 Å². The average molecular weight is 289 g/mol. The van der Waals surface area contributed by atoms with Crippen LogP contribution in [0, 0.1) is 21.4 Å². The van der Waals surface area contributed by atoms with Gasteiger partial charge in [0.05, 0.1) is 4.92 Å². The van der Waals surface area contributed by atoms with E-state index in [9.17, 15) is 10.1 Å². The van der Waals surface area contributed by atoms with E-state index in [2.05, 4.69) is 10.3 Å². The molecule has 0 aromatic carbocycles. The van der Waals surface area contributed by atoms with Crippen LogP contribution in [0.25, 0.3) is 0 Å². The molecule has 1 saturated carbocycles. The molecule has 0 amide bonds. The standard InChI is InChI=1S/C14H19N5O2/c1-16-11-3-5-12(6-4-11)18(2)14-13(19(20)21)10(9-15)7-8-17-14/h7-8,11-12,16H,3-6H2,1-2H3. The van der Waals surface area contributed by atoms with Crippen LogP contribution in [0.15, 0.2) is 12.3 Å². The Bertz CT molecular complexity index is 561. The molecule has 1 aliphatic carbocycles. The number of nitriles is 1. The van der Waals surface area contributed by atoms with Crippen molar-refractivity contribution in [1.29, 1.82) is 5.26 Å². The van der Waals surface area contributed by atoms with Crippen molar-refractivity contribution in [2.75, 3.05) is 19.0 Å². The summed E-state index contributed by atoms with van der Waals surface area (Å²) in [6.07, 6.45) is 5.44. The van der Waals surface area contributed by atoms with Gasteiger partial charge in [-0.25, -0.2) is 4.98 Å². The Morgan fingerprint density at radius 2 is 2.14 bits per heavy atom. The minimum Gasteiger partial charge on any atom is -0.351 e. The maximum atomic E-state index is 11.3. The van der Waals surface area contributed by atoms with Crippen molar-refractivity contribution in [2.45, 2.75) is 37.8 Å². The third kappa shape index (κ3) is 3.11. The van der Waals surface area contributed by atoms with Crippen molar-refractivity contribution in [2.24, 2.45) is 0 Å². The van der Waals surface area contributed by atoms with E-state index < -0.39 is 4.92 Å². The van der Waals surface area contributed by atoms with Crippen LogP contribution in [-0.4, -0.2) is 36.1 Å². The number of nitrogens with one attached hydrogen (secondary N) is 1. The minimum absolute atomic E-state index is 0.0563. The fraction of sp³-hybridized carbons (Fsp3) is 0.571. The Labute approximate surface area is 123 Å². The molecule has 21 heavy (non-hydrogen) atoms. The van der Waals surface area contributed by atoms with Crippen LogP contribution in [0.5, 0.6) is 0 Å². The number of aromatic nitrogens is 1. The third-order valence-corrected chi connectivity index (χ3v) is 4.19. The molecule has 1 N–H and O–H groups in total. The third-order valence-electron chi connectivity index (χ3n) is 4.19. The highest BCUT2D eigenvalue weighted by Gasteiger charge is 2.30. The van der Waals surface area contributed by atoms with E-state index in [-0.39, 0.29) is 23.1 Å². The predicted octanol–water partition coefficient (Wildman–Crippen LogP) is 1.83. The predicted molar refractivity (Wildman–Crippen MR) is 79.1 cm³/mol. The fourth-order valence-corrected chi connectivity index (χ4v) is 2.90. The quantitative estimate of drug-likeness (QED) is 0.671. The molecule has 0 unspecified atom stereocenters. The van der Waals surface area contributed by atoms with E-state index in [1.807, 2.05) is 25.1 Å². The summed E-state index contributed by atoms with van der Waals surface area (Å²) in [5.41, 5.74) is -0.140. The van der Waals surface area contributed by atoms with Gasteiger partial charge >= 0.3 is 5.69 Å². The summed E-state index contributed by atoms with van der Waals surface area (Å²) in [6.45, 7) is 0. The summed E-state index contributed by atoms with van der Waals surface area (Å²) in [4.78, 5) is 16.7. The molecule has 2 rings (SSSR count). The monoisotopic (exact) mass is 289 g/mol. The molecule has 1 aliphatic rings. The van der Waals surface area contributed by atoms with Gasteiger partial charge in [-0.15, -0.1) is 0 Å². The summed E-state index contributed by atoms with van der Waals surface area (Å²) < 4.78 is 0. The van der Waals surface area contributed by atoms with Gasteiger partial charge in [-0.05, 0) is 38.8 Å². The van der Waals surface area contributed by atoms with Crippen LogP contribution in [0.2, 0.25) is 0 Å². The maximum absolute atomic E-state index is 11.3. The summed E-state index contributed by atoms with van der Waals surface area (Å²) in [5.74, 6) is 0.284. The van der Waals surface area contributed by atoms with E-state index in [4.69, 9.17) is 5.26 Å². The topological polar surface area (TPSA) is 95.1 Å². The van der Waals surface area contributed by atoms with Gasteiger partial charge in [-0.1, -0.05) is 0 Å². The summed E-state index contributed by atoms with van der Waals surface area (Å²) in [7, 11) is 3.78. The Balaban J connectivity index is 2.26. The molecule has 0 atom stereocenters. The lowest BCUT2D eigenvalue weighted by molar-refractivity contribution is -0.384. The van der Waals surface area contributed by atoms with Crippen LogP contribution in [0.4, 0.5) is 11.5 Å². The van der Waals surface area contributed by atoms with E-state index in [0.717, 1.165) is 25.7 Å². The zero-order valence-electron chi connectivity index (χ0n) is 12.2. The molecule has 1 fully saturated rings. The van der Waals surface area contributed by atoms with Gasteiger partial charge in [0.2, 0.25) is 5.82 Å². The lowest BCUT2D eigenvalue weighted by Crippen LogP contribution is -2.40. The highest BCUT2D eigenvalue weighted by Crippen LogP contribution is 2.32. The number of nitro groups is 1. The van der Waals surface area contributed by atoms with Crippen molar-refractivity contribution >= 4 is 11.5 Å². The highest BCUT2D eigenvalue weighted by atomic mass is 16.6. The average Bonchev–Trinajstić information content (AvgIpc) is 2.53. The van der Waals surface area contributed by atoms with Gasteiger partial charge in [0.15, 0.2) is 0 Å². The van der Waals surface area contributed by atoms with Crippen molar-refractivity contribution in [3.63, 3.8) is 0 Å². The van der Waals surface area contributed by atoms with Crippen molar-refractivity contribution in [3.05, 3.63) is 27.9 Å². The molecule has 0 bridgehead atoms. The van der Waals surface area contributed by atoms with Gasteiger partial charge in [0.25, 0.3) is 0 Å². The number of hydrogen-bond acceptors (Lipinski definition) is 6. The number of anilines is 1. The second-order valence-electron chi connectivity index (χ2n) is 5.30. The van der Waals surface area contributed by atoms with Gasteiger partial charge < -0.3 is 10.2 Å². The van der Waals surface area contributed by atoms with E-state index in [1.165, 1.54) is 12.3 Å². The first-order valence-electron chi connectivity index (χ1n) is 7.02. The van der Waals surface area contributed by atoms with Crippen LogP contribution in [-0.2, 0) is 0 Å². The second kappa shape index (κ2) is 6.50. The lowest BCUT2D eigenvalue weighted by Gasteiger charge is -2.35. The SMILES string of the molecule is CNC1CCC(N(C)c2nccc(C#N)c2[N+](=O)[O-])CC1. The Morgan fingerprint density at radius 3 is 2.67 bits per heavy atom. The Hall–Kier alpha value is -2.20. The normalized spacial score (nSPS) is 21.6. The molecular formula is C14H19N5O2. The van der Waals surface area contributed by atoms with Gasteiger partial charge in [-0.2, -0.15) is 5.26 Å². The van der Waals surface area contributed by atoms with Crippen LogP contribution in [0.1, 0.15) is 31.2 Å². The van der Waals surface area contributed by atoms with Gasteiger partial charge in [0.1, 0.15) is 11.6 Å². The second-order valence-corrected chi connectivity index (χ2v) is 5.30. The van der Waals surface area contributed by atoms with Crippen LogP contribution >= 0.6 is 0 Å². The molecular weight excluding hydrogens is 270 g/mol. The molecule has 1 aromatic heterocycles. The maximum Gasteiger partial charge on any atom is 0.329 e. The summed E-state index contributed by atoms with van der Waals surface area (Å²) in [5, 5.41) is 23.6. The first-order chi connectivity index (χ1) is 10.1. The van der Waals surface area contributed by atoms with Crippen molar-refractivity contribution < 1.29 is 4.92 Å². The first kappa shape index (κ1) is 15.2. The van der Waals surface area contributed by atoms with Gasteiger partial charge in [0, 0.05) is 25.3 Å². The van der Waals surface area contributed by atoms with Crippen LogP contribution in [0.3, 0.4) is 0 Å². The molecule has 0 saturated heterocycles. The molecule has 0 aliphatic heterocycles. The number of rotatable bonds is 4. The molecule has 1 aromatic rings. The molecule has 7 nitrogen and oxygen atoms in total. The largest absolute Gasteiger partial charge is 0.351 e. The van der Waals surface area contributed by atoms with E-state index >= 15 is 0 Å². The molecule has 1 heterocycles. The van der Waals surface area contributed by atoms with E-state index in [1.54, 1.807) is 0 Å². The highest BCUT2D eigenvalue weighted by molar-refractivity contribution is 5.65. The number of nitrogens with zero attached hydrogens (tertiary/aromatic N) is 4. The number of pyridine rings is 1. The minimum atomic E-state index is -0.517. The van der Waals surface area contributed by atoms with Crippen molar-refractivity contribution in [3.8, 4) is 6.07 Å². The number of hydrogen-bond donors (Lipinski definition) is 1. The van der Waals surface area contributed by atoms with Gasteiger partial charge in [-0.3, -0.25) is 10.1 Å². The smallest absolute Gasteiger partial charge is 0.329 e. The molecule has 0 spiro atoms. The zero-order valence-corrected chi connectivity index (χ0v) is 12.2.